The Labute approximate surface area is 139 Å². The molecule has 0 saturated carbocycles. The van der Waals surface area contributed by atoms with Gasteiger partial charge in [-0.1, -0.05) is 24.3 Å². The van der Waals surface area contributed by atoms with Gasteiger partial charge in [-0.2, -0.15) is 0 Å². The molecule has 0 spiro atoms. The summed E-state index contributed by atoms with van der Waals surface area (Å²) in [5.74, 6) is -3.32. The quantitative estimate of drug-likeness (QED) is 0.587. The third-order valence-electron chi connectivity index (χ3n) is 5.20. The van der Waals surface area contributed by atoms with Crippen LogP contribution >= 0.6 is 0 Å². The third-order valence-corrected chi connectivity index (χ3v) is 5.20. The number of methoxy groups -OCH3 is 1. The Morgan fingerprint density at radius 2 is 2.00 bits per heavy atom. The standard InChI is InChI=1S/C17H20N2O5/c1-9-6-4-5-7-10(9)13-11-12(15(22)19(2)14(11)21)17(8-20,18-13)16(23)24-3/h4-7,11-13,18,20H,8H2,1-3H3/t11-,12-,13+,17+/m0/s1. The van der Waals surface area contributed by atoms with Gasteiger partial charge in [0.2, 0.25) is 11.8 Å². The van der Waals surface area contributed by atoms with Gasteiger partial charge in [0.05, 0.1) is 25.6 Å². The van der Waals surface area contributed by atoms with Crippen LogP contribution in [-0.2, 0) is 19.1 Å². The van der Waals surface area contributed by atoms with E-state index < -0.39 is 41.9 Å². The van der Waals surface area contributed by atoms with E-state index in [0.29, 0.717) is 0 Å². The molecule has 1 aromatic carbocycles. The zero-order valence-corrected chi connectivity index (χ0v) is 13.8. The monoisotopic (exact) mass is 332 g/mol. The van der Waals surface area contributed by atoms with Gasteiger partial charge in [-0.25, -0.2) is 4.79 Å². The number of aryl methyl sites for hydroxylation is 1. The summed E-state index contributed by atoms with van der Waals surface area (Å²) in [7, 11) is 2.60. The van der Waals surface area contributed by atoms with Crippen molar-refractivity contribution >= 4 is 17.8 Å². The molecule has 1 aromatic rings. The van der Waals surface area contributed by atoms with Crippen LogP contribution < -0.4 is 5.32 Å². The number of imide groups is 1. The summed E-state index contributed by atoms with van der Waals surface area (Å²) in [6.45, 7) is 1.27. The summed E-state index contributed by atoms with van der Waals surface area (Å²) < 4.78 is 4.83. The molecule has 0 unspecified atom stereocenters. The molecule has 0 aromatic heterocycles. The Morgan fingerprint density at radius 3 is 2.58 bits per heavy atom. The number of hydrogen-bond donors (Lipinski definition) is 2. The summed E-state index contributed by atoms with van der Waals surface area (Å²) in [5.41, 5.74) is 0.134. The zero-order valence-electron chi connectivity index (χ0n) is 13.8. The predicted molar refractivity (Wildman–Crippen MR) is 83.6 cm³/mol. The number of nitrogens with zero attached hydrogens (tertiary/aromatic N) is 1. The molecule has 3 rings (SSSR count). The fourth-order valence-electron chi connectivity index (χ4n) is 3.93. The molecule has 2 aliphatic rings. The van der Waals surface area contributed by atoms with Crippen LogP contribution in [0.25, 0.3) is 0 Å². The number of ether oxygens (including phenoxy) is 1. The number of carbonyl (C=O) groups is 3. The van der Waals surface area contributed by atoms with Gasteiger partial charge in [-0.05, 0) is 18.1 Å². The Bertz CT molecular complexity index is 719. The lowest BCUT2D eigenvalue weighted by Gasteiger charge is -2.30. The topological polar surface area (TPSA) is 95.9 Å². The van der Waals surface area contributed by atoms with E-state index in [1.54, 1.807) is 0 Å². The number of esters is 1. The third kappa shape index (κ3) is 2.01. The normalized spacial score (nSPS) is 32.2. The van der Waals surface area contributed by atoms with Crippen molar-refractivity contribution in [1.82, 2.24) is 10.2 Å². The van der Waals surface area contributed by atoms with Crippen molar-refractivity contribution in [2.75, 3.05) is 20.8 Å². The minimum absolute atomic E-state index is 0.356. The minimum Gasteiger partial charge on any atom is -0.468 e. The summed E-state index contributed by atoms with van der Waals surface area (Å²) in [6, 6.07) is 6.90. The Balaban J connectivity index is 2.17. The lowest BCUT2D eigenvalue weighted by atomic mass is 9.79. The molecule has 2 saturated heterocycles. The summed E-state index contributed by atoms with van der Waals surface area (Å²) in [6.07, 6.45) is 0. The number of aliphatic hydroxyl groups excluding tert-OH is 1. The van der Waals surface area contributed by atoms with Gasteiger partial charge < -0.3 is 9.84 Å². The van der Waals surface area contributed by atoms with Gasteiger partial charge in [0, 0.05) is 13.1 Å². The molecule has 7 heteroatoms. The van der Waals surface area contributed by atoms with Gasteiger partial charge in [0.15, 0.2) is 5.54 Å². The van der Waals surface area contributed by atoms with Crippen molar-refractivity contribution < 1.29 is 24.2 Å². The molecule has 2 aliphatic heterocycles. The number of rotatable bonds is 3. The van der Waals surface area contributed by atoms with Crippen molar-refractivity contribution in [3.8, 4) is 0 Å². The molecule has 24 heavy (non-hydrogen) atoms. The molecule has 0 bridgehead atoms. The number of fused-ring (bicyclic) bond motifs is 1. The van der Waals surface area contributed by atoms with E-state index in [2.05, 4.69) is 5.32 Å². The summed E-state index contributed by atoms with van der Waals surface area (Å²) in [4.78, 5) is 38.7. The fourth-order valence-corrected chi connectivity index (χ4v) is 3.93. The van der Waals surface area contributed by atoms with Crippen LogP contribution in [0.3, 0.4) is 0 Å². The van der Waals surface area contributed by atoms with Gasteiger partial charge in [-0.15, -0.1) is 0 Å². The van der Waals surface area contributed by atoms with Crippen LogP contribution in [0.1, 0.15) is 17.2 Å². The smallest absolute Gasteiger partial charge is 0.329 e. The van der Waals surface area contributed by atoms with Crippen LogP contribution in [0.4, 0.5) is 0 Å². The molecule has 128 valence electrons. The van der Waals surface area contributed by atoms with E-state index >= 15 is 0 Å². The average Bonchev–Trinajstić information content (AvgIpc) is 3.05. The molecular weight excluding hydrogens is 312 g/mol. The highest BCUT2D eigenvalue weighted by Gasteiger charge is 2.68. The van der Waals surface area contributed by atoms with Gasteiger partial charge in [-0.3, -0.25) is 19.8 Å². The lowest BCUT2D eigenvalue weighted by Crippen LogP contribution is -2.58. The maximum absolute atomic E-state index is 12.6. The first-order valence-corrected chi connectivity index (χ1v) is 7.73. The molecule has 2 amide bonds. The first-order chi connectivity index (χ1) is 11.4. The van der Waals surface area contributed by atoms with Crippen LogP contribution in [0, 0.1) is 18.8 Å². The zero-order chi connectivity index (χ0) is 17.6. The van der Waals surface area contributed by atoms with E-state index in [1.807, 2.05) is 31.2 Å². The van der Waals surface area contributed by atoms with Crippen molar-refractivity contribution in [1.29, 1.82) is 0 Å². The van der Waals surface area contributed by atoms with Crippen molar-refractivity contribution in [3.05, 3.63) is 35.4 Å². The highest BCUT2D eigenvalue weighted by molar-refractivity contribution is 6.09. The summed E-state index contributed by atoms with van der Waals surface area (Å²) >= 11 is 0. The Hall–Kier alpha value is -2.25. The van der Waals surface area contributed by atoms with Gasteiger partial charge >= 0.3 is 5.97 Å². The maximum atomic E-state index is 12.6. The fraction of sp³-hybridized carbons (Fsp3) is 0.471. The summed E-state index contributed by atoms with van der Waals surface area (Å²) in [5, 5.41) is 13.0. The van der Waals surface area contributed by atoms with Crippen molar-refractivity contribution in [2.45, 2.75) is 18.5 Å². The number of amides is 2. The minimum atomic E-state index is -1.62. The second-order valence-electron chi connectivity index (χ2n) is 6.34. The highest BCUT2D eigenvalue weighted by Crippen LogP contribution is 2.49. The van der Waals surface area contributed by atoms with E-state index in [1.165, 1.54) is 14.2 Å². The lowest BCUT2D eigenvalue weighted by molar-refractivity contribution is -0.156. The Morgan fingerprint density at radius 1 is 1.33 bits per heavy atom. The largest absolute Gasteiger partial charge is 0.468 e. The van der Waals surface area contributed by atoms with Crippen LogP contribution in [0.5, 0.6) is 0 Å². The van der Waals surface area contributed by atoms with Crippen LogP contribution in [-0.4, -0.2) is 54.1 Å². The van der Waals surface area contributed by atoms with E-state index in [4.69, 9.17) is 4.74 Å². The first kappa shape index (κ1) is 16.6. The first-order valence-electron chi connectivity index (χ1n) is 7.73. The van der Waals surface area contributed by atoms with E-state index in [0.717, 1.165) is 16.0 Å². The molecule has 2 N–H and O–H groups in total. The predicted octanol–water partition coefficient (Wildman–Crippen LogP) is -0.226. The van der Waals surface area contributed by atoms with Crippen LogP contribution in [0.15, 0.2) is 24.3 Å². The molecule has 2 fully saturated rings. The SMILES string of the molecule is COC(=O)[C@]1(CO)N[C@H](c2ccccc2C)[C@H]2C(=O)N(C)C(=O)[C@H]21. The van der Waals surface area contributed by atoms with E-state index in [-0.39, 0.29) is 5.91 Å². The Kier molecular flexibility index (Phi) is 3.93. The van der Waals surface area contributed by atoms with Crippen molar-refractivity contribution in [2.24, 2.45) is 11.8 Å². The van der Waals surface area contributed by atoms with Crippen molar-refractivity contribution in [3.63, 3.8) is 0 Å². The van der Waals surface area contributed by atoms with Gasteiger partial charge in [0.25, 0.3) is 0 Å². The second-order valence-corrected chi connectivity index (χ2v) is 6.34. The van der Waals surface area contributed by atoms with Gasteiger partial charge in [0.1, 0.15) is 0 Å². The average molecular weight is 332 g/mol. The second kappa shape index (κ2) is 5.68. The highest BCUT2D eigenvalue weighted by atomic mass is 16.5. The molecule has 0 radical (unpaired) electrons. The molecule has 2 heterocycles. The van der Waals surface area contributed by atoms with Crippen LogP contribution in [0.2, 0.25) is 0 Å². The number of hydrogen-bond acceptors (Lipinski definition) is 6. The molecule has 7 nitrogen and oxygen atoms in total. The molecule has 0 aliphatic carbocycles. The molecular formula is C17H20N2O5. The molecule has 4 atom stereocenters. The number of aliphatic hydroxyl groups is 1. The maximum Gasteiger partial charge on any atom is 0.329 e. The number of benzene rings is 1. The number of nitrogens with one attached hydrogen (secondary N) is 1. The van der Waals surface area contributed by atoms with E-state index in [9.17, 15) is 19.5 Å². The number of carbonyl (C=O) groups excluding carboxylic acids is 3. The number of likely N-dealkylation sites (tertiary alicyclic amines) is 1.